The van der Waals surface area contributed by atoms with Crippen LogP contribution in [0.2, 0.25) is 0 Å². The molecule has 2 N–H and O–H groups in total. The molecule has 2 heterocycles. The first-order valence-corrected chi connectivity index (χ1v) is 9.00. The highest BCUT2D eigenvalue weighted by Crippen LogP contribution is 2.17. The number of carbonyl (C=O) groups is 1. The third-order valence-corrected chi connectivity index (χ3v) is 5.26. The van der Waals surface area contributed by atoms with Gasteiger partial charge in [0.05, 0.1) is 5.92 Å². The van der Waals surface area contributed by atoms with Crippen LogP contribution < -0.4 is 10.6 Å². The number of rotatable bonds is 4. The van der Waals surface area contributed by atoms with Crippen molar-refractivity contribution in [3.8, 4) is 0 Å². The van der Waals surface area contributed by atoms with E-state index in [-0.39, 0.29) is 36.6 Å². The monoisotopic (exact) mass is 387 g/mol. The number of piperidine rings is 2. The van der Waals surface area contributed by atoms with E-state index in [4.69, 9.17) is 0 Å². The third-order valence-electron chi connectivity index (χ3n) is 5.26. The summed E-state index contributed by atoms with van der Waals surface area (Å²) in [6, 6.07) is 8.98. The summed E-state index contributed by atoms with van der Waals surface area (Å²) in [6.45, 7) is 7.25. The molecule has 1 amide bonds. The predicted octanol–water partition coefficient (Wildman–Crippen LogP) is 2.92. The molecule has 142 valence electrons. The summed E-state index contributed by atoms with van der Waals surface area (Å²) in [5.74, 6) is 0.434. The Morgan fingerprint density at radius 1 is 1.20 bits per heavy atom. The number of hydrogen-bond acceptors (Lipinski definition) is 3. The van der Waals surface area contributed by atoms with Gasteiger partial charge in [-0.05, 0) is 50.3 Å². The lowest BCUT2D eigenvalue weighted by atomic mass is 9.97. The van der Waals surface area contributed by atoms with E-state index in [9.17, 15) is 4.79 Å². The number of carbonyl (C=O) groups excluding carboxylic acids is 1. The Hall–Kier alpha value is -0.810. The minimum absolute atomic E-state index is 0. The number of hydrogen-bond donors (Lipinski definition) is 2. The van der Waals surface area contributed by atoms with Crippen LogP contribution in [-0.4, -0.2) is 43.0 Å². The first-order chi connectivity index (χ1) is 11.2. The smallest absolute Gasteiger partial charge is 0.224 e. The molecular formula is C19H31Cl2N3O. The second kappa shape index (κ2) is 11.0. The van der Waals surface area contributed by atoms with Crippen molar-refractivity contribution in [1.29, 1.82) is 0 Å². The molecule has 1 unspecified atom stereocenters. The molecule has 1 aromatic rings. The van der Waals surface area contributed by atoms with Gasteiger partial charge >= 0.3 is 0 Å². The third kappa shape index (κ3) is 6.45. The molecule has 1 atom stereocenters. The molecular weight excluding hydrogens is 357 g/mol. The summed E-state index contributed by atoms with van der Waals surface area (Å²) in [6.07, 6.45) is 4.29. The molecule has 4 nitrogen and oxygen atoms in total. The van der Waals surface area contributed by atoms with E-state index in [1.165, 1.54) is 11.1 Å². The SMILES string of the molecule is Cc1ccccc1CN1CCC(NC(=O)C2CCCNC2)CC1.Cl.Cl. The molecule has 25 heavy (non-hydrogen) atoms. The van der Waals surface area contributed by atoms with Gasteiger partial charge in [-0.25, -0.2) is 0 Å². The molecule has 0 bridgehead atoms. The van der Waals surface area contributed by atoms with Gasteiger partial charge in [-0.3, -0.25) is 9.69 Å². The Balaban J connectivity index is 0.00000156. The second-order valence-corrected chi connectivity index (χ2v) is 7.03. The van der Waals surface area contributed by atoms with E-state index in [0.29, 0.717) is 6.04 Å². The van der Waals surface area contributed by atoms with Gasteiger partial charge in [-0.1, -0.05) is 24.3 Å². The molecule has 1 aromatic carbocycles. The van der Waals surface area contributed by atoms with Gasteiger partial charge in [-0.15, -0.1) is 24.8 Å². The number of aryl methyl sites for hydroxylation is 1. The quantitative estimate of drug-likeness (QED) is 0.834. The number of likely N-dealkylation sites (tertiary alicyclic amines) is 1. The highest BCUT2D eigenvalue weighted by atomic mass is 35.5. The average molecular weight is 388 g/mol. The Bertz CT molecular complexity index is 527. The Morgan fingerprint density at radius 3 is 2.56 bits per heavy atom. The van der Waals surface area contributed by atoms with E-state index >= 15 is 0 Å². The van der Waals surface area contributed by atoms with Crippen molar-refractivity contribution >= 4 is 30.7 Å². The molecule has 0 aromatic heterocycles. The van der Waals surface area contributed by atoms with E-state index in [1.54, 1.807) is 0 Å². The lowest BCUT2D eigenvalue weighted by Crippen LogP contribution is -2.48. The van der Waals surface area contributed by atoms with Crippen LogP contribution in [0.4, 0.5) is 0 Å². The van der Waals surface area contributed by atoms with E-state index < -0.39 is 0 Å². The van der Waals surface area contributed by atoms with Gasteiger partial charge in [0.2, 0.25) is 5.91 Å². The van der Waals surface area contributed by atoms with Crippen molar-refractivity contribution in [2.24, 2.45) is 5.92 Å². The number of benzene rings is 1. The molecule has 2 aliphatic heterocycles. The lowest BCUT2D eigenvalue weighted by molar-refractivity contribution is -0.126. The van der Waals surface area contributed by atoms with E-state index in [2.05, 4.69) is 46.7 Å². The first kappa shape index (κ1) is 22.2. The fourth-order valence-electron chi connectivity index (χ4n) is 3.66. The summed E-state index contributed by atoms with van der Waals surface area (Å²) < 4.78 is 0. The van der Waals surface area contributed by atoms with Crippen LogP contribution in [0.25, 0.3) is 0 Å². The summed E-state index contributed by atoms with van der Waals surface area (Å²) in [4.78, 5) is 14.8. The normalized spacial score (nSPS) is 21.7. The number of nitrogens with zero attached hydrogens (tertiary/aromatic N) is 1. The maximum absolute atomic E-state index is 12.3. The lowest BCUT2D eigenvalue weighted by Gasteiger charge is -2.33. The van der Waals surface area contributed by atoms with Crippen LogP contribution in [0.3, 0.4) is 0 Å². The number of halogens is 2. The van der Waals surface area contributed by atoms with Gasteiger partial charge < -0.3 is 10.6 Å². The first-order valence-electron chi connectivity index (χ1n) is 9.00. The maximum atomic E-state index is 12.3. The zero-order valence-corrected chi connectivity index (χ0v) is 16.6. The molecule has 0 radical (unpaired) electrons. The molecule has 0 spiro atoms. The highest BCUT2D eigenvalue weighted by molar-refractivity contribution is 5.85. The summed E-state index contributed by atoms with van der Waals surface area (Å²) in [7, 11) is 0. The molecule has 0 aliphatic carbocycles. The van der Waals surface area contributed by atoms with Gasteiger partial charge in [-0.2, -0.15) is 0 Å². The van der Waals surface area contributed by atoms with E-state index in [0.717, 1.165) is 58.4 Å². The van der Waals surface area contributed by atoms with Crippen molar-refractivity contribution < 1.29 is 4.79 Å². The topological polar surface area (TPSA) is 44.4 Å². The zero-order chi connectivity index (χ0) is 16.1. The fraction of sp³-hybridized carbons (Fsp3) is 0.632. The molecule has 6 heteroatoms. The van der Waals surface area contributed by atoms with Crippen molar-refractivity contribution in [2.75, 3.05) is 26.2 Å². The number of amides is 1. The molecule has 2 fully saturated rings. The highest BCUT2D eigenvalue weighted by Gasteiger charge is 2.25. The van der Waals surface area contributed by atoms with Crippen molar-refractivity contribution in [3.63, 3.8) is 0 Å². The van der Waals surface area contributed by atoms with Gasteiger partial charge in [0.1, 0.15) is 0 Å². The van der Waals surface area contributed by atoms with E-state index in [1.807, 2.05) is 0 Å². The Morgan fingerprint density at radius 2 is 1.92 bits per heavy atom. The summed E-state index contributed by atoms with van der Waals surface area (Å²) >= 11 is 0. The van der Waals surface area contributed by atoms with Gasteiger partial charge in [0, 0.05) is 32.2 Å². The van der Waals surface area contributed by atoms with Crippen molar-refractivity contribution in [2.45, 2.75) is 45.2 Å². The average Bonchev–Trinajstić information content (AvgIpc) is 2.59. The van der Waals surface area contributed by atoms with Crippen molar-refractivity contribution in [3.05, 3.63) is 35.4 Å². The van der Waals surface area contributed by atoms with Crippen LogP contribution in [0.5, 0.6) is 0 Å². The van der Waals surface area contributed by atoms with Crippen LogP contribution in [-0.2, 0) is 11.3 Å². The van der Waals surface area contributed by atoms with Crippen LogP contribution in [0.1, 0.15) is 36.8 Å². The van der Waals surface area contributed by atoms with Crippen LogP contribution >= 0.6 is 24.8 Å². The Kier molecular flexibility index (Phi) is 9.80. The van der Waals surface area contributed by atoms with Gasteiger partial charge in [0.15, 0.2) is 0 Å². The molecule has 2 aliphatic rings. The minimum Gasteiger partial charge on any atom is -0.353 e. The summed E-state index contributed by atoms with van der Waals surface area (Å²) in [5.41, 5.74) is 2.79. The second-order valence-electron chi connectivity index (χ2n) is 7.03. The fourth-order valence-corrected chi connectivity index (χ4v) is 3.66. The molecule has 0 saturated carbocycles. The van der Waals surface area contributed by atoms with Crippen molar-refractivity contribution in [1.82, 2.24) is 15.5 Å². The summed E-state index contributed by atoms with van der Waals surface area (Å²) in [5, 5.41) is 6.60. The number of nitrogens with one attached hydrogen (secondary N) is 2. The standard InChI is InChI=1S/C19H29N3O.2ClH/c1-15-5-2-3-6-17(15)14-22-11-8-18(9-12-22)21-19(23)16-7-4-10-20-13-16;;/h2-3,5-6,16,18,20H,4,7-14H2,1H3,(H,21,23);2*1H. The predicted molar refractivity (Wildman–Crippen MR) is 108 cm³/mol. The Labute approximate surface area is 163 Å². The minimum atomic E-state index is 0. The van der Waals surface area contributed by atoms with Gasteiger partial charge in [0.25, 0.3) is 0 Å². The maximum Gasteiger partial charge on any atom is 0.224 e. The molecule has 3 rings (SSSR count). The largest absolute Gasteiger partial charge is 0.353 e. The zero-order valence-electron chi connectivity index (χ0n) is 15.0. The molecule has 2 saturated heterocycles. The van der Waals surface area contributed by atoms with Crippen LogP contribution in [0.15, 0.2) is 24.3 Å². The van der Waals surface area contributed by atoms with Crippen LogP contribution in [0, 0.1) is 12.8 Å².